The lowest BCUT2D eigenvalue weighted by Gasteiger charge is -2.27. The molecule has 3 fully saturated rings. The number of benzene rings is 6. The van der Waals surface area contributed by atoms with Crippen molar-refractivity contribution in [1.82, 2.24) is 9.47 Å². The van der Waals surface area contributed by atoms with E-state index < -0.39 is 11.9 Å². The second-order valence-electron chi connectivity index (χ2n) is 24.4. The number of anilines is 4. The molecule has 0 radical (unpaired) electrons. The van der Waals surface area contributed by atoms with Crippen LogP contribution < -0.4 is 58.5 Å². The van der Waals surface area contributed by atoms with Crippen molar-refractivity contribution in [2.75, 3.05) is 35.2 Å². The summed E-state index contributed by atoms with van der Waals surface area (Å²) in [6, 6.07) is 51.6. The molecule has 1 amide bonds. The highest BCUT2D eigenvalue weighted by Gasteiger charge is 2.47. The molecule has 4 atom stereocenters. The summed E-state index contributed by atoms with van der Waals surface area (Å²) in [5.41, 5.74) is 15.7. The lowest BCUT2D eigenvalue weighted by Crippen LogP contribution is -3.00. The van der Waals surface area contributed by atoms with Crippen LogP contribution >= 0.6 is 23.1 Å². The van der Waals surface area contributed by atoms with Crippen molar-refractivity contribution < 1.29 is 72.5 Å². The minimum atomic E-state index is -1.03. The Morgan fingerprint density at radius 1 is 0.596 bits per heavy atom. The summed E-state index contributed by atoms with van der Waals surface area (Å²) in [7, 11) is 0. The largest absolute Gasteiger partial charge is 1.00 e. The second-order valence-corrected chi connectivity index (χ2v) is 26.5. The number of nitrogens with zero attached hydrogens (tertiary/aromatic N) is 6. The van der Waals surface area contributed by atoms with Gasteiger partial charge in [0.05, 0.1) is 26.1 Å². The maximum absolute atomic E-state index is 13.7. The molecule has 13 nitrogen and oxygen atoms in total. The van der Waals surface area contributed by atoms with Crippen LogP contribution in [0.2, 0.25) is 0 Å². The van der Waals surface area contributed by atoms with E-state index in [-0.39, 0.29) is 69.3 Å². The summed E-state index contributed by atoms with van der Waals surface area (Å²) in [5, 5.41) is 19.5. The molecule has 89 heavy (non-hydrogen) atoms. The molecule has 1 aromatic heterocycles. The zero-order valence-electron chi connectivity index (χ0n) is 50.9. The Bertz CT molecular complexity index is 4200. The van der Waals surface area contributed by atoms with Gasteiger partial charge in [-0.2, -0.15) is 9.15 Å². The minimum Gasteiger partial charge on any atom is -1.00 e. The Hall–Kier alpha value is -7.44. The van der Waals surface area contributed by atoms with Crippen LogP contribution in [0, 0.1) is 0 Å². The highest BCUT2D eigenvalue weighted by atomic mass is 79.9. The van der Waals surface area contributed by atoms with Gasteiger partial charge in [0, 0.05) is 87.6 Å². The van der Waals surface area contributed by atoms with Crippen LogP contribution in [-0.4, -0.2) is 102 Å². The van der Waals surface area contributed by atoms with E-state index in [0.29, 0.717) is 38.9 Å². The molecule has 14 rings (SSSR count). The Labute approximate surface area is 549 Å². The molecule has 7 aliphatic rings. The lowest BCUT2D eigenvalue weighted by atomic mass is 9.81. The monoisotopic (exact) mass is 1360 g/mol. The van der Waals surface area contributed by atoms with Crippen molar-refractivity contribution in [3.05, 3.63) is 210 Å². The Balaban J connectivity index is 0.000000160. The summed E-state index contributed by atoms with van der Waals surface area (Å²) in [6.45, 7) is 13.8. The van der Waals surface area contributed by atoms with Gasteiger partial charge in [0.2, 0.25) is 17.3 Å². The number of carbonyl (C=O) groups is 4. The van der Waals surface area contributed by atoms with Gasteiger partial charge in [0.15, 0.2) is 11.4 Å². The van der Waals surface area contributed by atoms with Gasteiger partial charge in [-0.25, -0.2) is 0 Å². The van der Waals surface area contributed by atoms with Gasteiger partial charge in [-0.15, -0.1) is 11.3 Å². The molecule has 0 bridgehead atoms. The molecule has 0 spiro atoms. The molecule has 17 heteroatoms. The van der Waals surface area contributed by atoms with Crippen LogP contribution in [0.5, 0.6) is 0 Å². The molecule has 460 valence electrons. The number of fused-ring (bicyclic) bond motifs is 8. The Kier molecular flexibility index (Phi) is 19.3. The molecule has 1 saturated heterocycles. The van der Waals surface area contributed by atoms with E-state index in [2.05, 4.69) is 182 Å². The third-order valence-corrected chi connectivity index (χ3v) is 20.8. The number of amides is 1. The Morgan fingerprint density at radius 2 is 1.07 bits per heavy atom. The van der Waals surface area contributed by atoms with E-state index in [4.69, 9.17) is 5.11 Å². The fourth-order valence-corrected chi connectivity index (χ4v) is 16.8. The van der Waals surface area contributed by atoms with Crippen molar-refractivity contribution in [3.63, 3.8) is 0 Å². The van der Waals surface area contributed by atoms with Crippen molar-refractivity contribution in [1.29, 1.82) is 0 Å². The van der Waals surface area contributed by atoms with E-state index >= 15 is 0 Å². The summed E-state index contributed by atoms with van der Waals surface area (Å²) >= 11 is 2.78. The van der Waals surface area contributed by atoms with Crippen molar-refractivity contribution in [2.24, 2.45) is 0 Å². The van der Waals surface area contributed by atoms with Crippen LogP contribution in [0.1, 0.15) is 130 Å². The number of halogens is 2. The van der Waals surface area contributed by atoms with Gasteiger partial charge in [0.25, 0.3) is 5.56 Å². The van der Waals surface area contributed by atoms with E-state index in [0.717, 1.165) is 52.6 Å². The van der Waals surface area contributed by atoms with Gasteiger partial charge in [-0.1, -0.05) is 103 Å². The number of allylic oxidation sites excluding steroid dienone is 1. The van der Waals surface area contributed by atoms with Gasteiger partial charge < -0.3 is 54.0 Å². The molecule has 7 aromatic rings. The van der Waals surface area contributed by atoms with E-state index in [1.54, 1.807) is 0 Å². The summed E-state index contributed by atoms with van der Waals surface area (Å²) in [5.74, 6) is -0.814. The molecule has 5 aliphatic heterocycles. The third-order valence-electron chi connectivity index (χ3n) is 18.7. The fraction of sp³-hybridized carbons (Fsp3) is 0.319. The standard InChI is InChI=1S/C36H35N3O3S.C18H20N2O3S.C18H17NO.2BrH/c1-4-37-30-15-9-8-14-27(30)36(2,3)32(37)21-33-38(22-34(40)41)35(42)31(43-33)20-23-17-18-29-26(19-23)25-13-10-16-28(25)39(29)24-11-6-5-7-12-24;1-4-19-13-8-6-5-7-12(13)18(2,3)14(19)9-16-20(10-17(22)23)15(21)11-24-16;20-12-13-9-10-18-16(11-13)15-7-4-8-17(15)19(18)14-5-2-1-3-6-14;;/h5-9,11-12,14-15,17-21,25,28H,4,10,13,16,22H2,1-3H3;5-9H,4,10-11H2,1-3H3;1-3,5-6,9-12,15,17H,4,7-8H2;2*1H/b31-20+;;;;. The molecule has 2 saturated carbocycles. The molecule has 4 unspecified atom stereocenters. The predicted octanol–water partition coefficient (Wildman–Crippen LogP) is 6.37. The smallest absolute Gasteiger partial charge is 0.323 e. The third kappa shape index (κ3) is 12.0. The molecule has 2 aliphatic carbocycles. The number of thiazole rings is 1. The molecular weight excluding hydrogens is 1280 g/mol. The molecule has 6 heterocycles. The lowest BCUT2D eigenvalue weighted by molar-refractivity contribution is -0.433. The van der Waals surface area contributed by atoms with Crippen LogP contribution in [-0.2, 0) is 31.8 Å². The van der Waals surface area contributed by atoms with Crippen LogP contribution in [0.4, 0.5) is 34.1 Å². The van der Waals surface area contributed by atoms with Crippen LogP contribution in [0.25, 0.3) is 12.2 Å². The Morgan fingerprint density at radius 3 is 1.56 bits per heavy atom. The zero-order valence-corrected chi connectivity index (χ0v) is 55.7. The van der Waals surface area contributed by atoms with Gasteiger partial charge in [-0.3, -0.25) is 33.4 Å². The number of aliphatic carboxylic acids is 2. The second kappa shape index (κ2) is 26.6. The van der Waals surface area contributed by atoms with Crippen molar-refractivity contribution >= 4 is 105 Å². The minimum absolute atomic E-state index is 0. The molecular formula is C72H74Br2N6O7S2. The first-order valence-corrected chi connectivity index (χ1v) is 32.2. The maximum atomic E-state index is 13.7. The van der Waals surface area contributed by atoms with Gasteiger partial charge in [0.1, 0.15) is 37.1 Å². The number of hydrogen-bond acceptors (Lipinski definition) is 9. The van der Waals surface area contributed by atoms with Gasteiger partial charge in [-0.05, 0) is 145 Å². The number of carbonyl (C=O) groups excluding carboxylic acids is 2. The number of rotatable bonds is 12. The summed E-state index contributed by atoms with van der Waals surface area (Å²) in [6.07, 6.45) is 14.2. The number of thioether (sulfide) groups is 1. The number of aldehydes is 1. The maximum Gasteiger partial charge on any atom is 0.323 e. The van der Waals surface area contributed by atoms with Crippen LogP contribution in [0.15, 0.2) is 161 Å². The highest BCUT2D eigenvalue weighted by molar-refractivity contribution is 8.04. The van der Waals surface area contributed by atoms with Crippen molar-refractivity contribution in [2.45, 2.75) is 121 Å². The first kappa shape index (κ1) is 64.5. The number of carboxylic acids is 2. The number of carboxylic acid groups (broad SMARTS) is 2. The number of para-hydroxylation sites is 4. The van der Waals surface area contributed by atoms with E-state index in [1.165, 1.54) is 122 Å². The highest BCUT2D eigenvalue weighted by Crippen LogP contribution is 2.54. The van der Waals surface area contributed by atoms with Crippen molar-refractivity contribution in [3.8, 4) is 0 Å². The quantitative estimate of drug-likeness (QED) is 0.105. The van der Waals surface area contributed by atoms with E-state index in [1.807, 2.05) is 42.5 Å². The van der Waals surface area contributed by atoms with Crippen LogP contribution in [0.3, 0.4) is 0 Å². The van der Waals surface area contributed by atoms with E-state index in [9.17, 15) is 29.1 Å². The average molecular weight is 1360 g/mol. The average Bonchev–Trinajstić information content (AvgIpc) is 1.68. The summed E-state index contributed by atoms with van der Waals surface area (Å²) in [4.78, 5) is 66.0. The topological polar surface area (TPSA) is 146 Å². The summed E-state index contributed by atoms with van der Waals surface area (Å²) < 4.78 is 7.12. The molecule has 6 aromatic carbocycles. The number of hydrogen-bond donors (Lipinski definition) is 2. The van der Waals surface area contributed by atoms with Gasteiger partial charge >= 0.3 is 11.9 Å². The molecule has 2 N–H and O–H groups in total. The number of aromatic nitrogens is 1. The fourth-order valence-electron chi connectivity index (χ4n) is 14.8. The first-order valence-electron chi connectivity index (χ1n) is 30.4. The first-order chi connectivity index (χ1) is 42.0. The zero-order chi connectivity index (χ0) is 60.9. The normalized spacial score (nSPS) is 21.0. The SMILES string of the molecule is CC[N+]1=C(/C=C2\SCC(=O)N2CC(=O)O)C(C)(C)c2ccccc21.CC[N+]1=C(/C=c2\s/c(=C/c3ccc4c(c3)C3CCCC3N4c3ccccc3)c(=O)n2CC(=O)O)C(C)(C)c2ccccc21.O=Cc1ccc2c(c1)C1CCCC1N2c1ccccc1.[Br-].[Br-]. The predicted molar refractivity (Wildman–Crippen MR) is 349 cm³/mol.